The maximum Gasteiger partial charge on any atom is 0.0489 e. The molecule has 0 N–H and O–H groups in total. The highest BCUT2D eigenvalue weighted by Crippen LogP contribution is 2.10. The van der Waals surface area contributed by atoms with Crippen molar-refractivity contribution in [3.05, 3.63) is 43.0 Å². The molecular weight excluding hydrogens is 158 g/mol. The lowest BCUT2D eigenvalue weighted by molar-refractivity contribution is 1.04. The minimum atomic E-state index is 0.880. The predicted molar refractivity (Wildman–Crippen MR) is 57.4 cm³/mol. The molecule has 0 radical (unpaired) electrons. The fourth-order valence-electron chi connectivity index (χ4n) is 1.06. The third kappa shape index (κ3) is 2.68. The molecule has 0 aliphatic rings. The van der Waals surface area contributed by atoms with E-state index in [0.29, 0.717) is 0 Å². The van der Waals surface area contributed by atoms with Crippen molar-refractivity contribution in [2.24, 2.45) is 0 Å². The van der Waals surface area contributed by atoms with Gasteiger partial charge >= 0.3 is 0 Å². The standard InChI is InChI=1S/C12H13N/c1-3-5-11-13(4-2)12-9-7-6-8-10-12/h3,6-10H,1,4H2,2H3. The Labute approximate surface area is 79.7 Å². The molecule has 0 saturated carbocycles. The van der Waals surface area contributed by atoms with Gasteiger partial charge in [-0.15, -0.1) is 0 Å². The number of rotatable bonds is 2. The first-order chi connectivity index (χ1) is 6.38. The van der Waals surface area contributed by atoms with Gasteiger partial charge in [0.05, 0.1) is 0 Å². The number of hydrogen-bond donors (Lipinski definition) is 0. The van der Waals surface area contributed by atoms with Crippen LogP contribution in [-0.4, -0.2) is 6.54 Å². The third-order valence-corrected chi connectivity index (χ3v) is 1.69. The normalized spacial score (nSPS) is 8.38. The van der Waals surface area contributed by atoms with Gasteiger partial charge in [0, 0.05) is 18.3 Å². The van der Waals surface area contributed by atoms with E-state index in [2.05, 4.69) is 25.5 Å². The molecular formula is C12H13N. The van der Waals surface area contributed by atoms with Crippen LogP contribution in [0.4, 0.5) is 5.69 Å². The van der Waals surface area contributed by atoms with Gasteiger partial charge < -0.3 is 4.90 Å². The maximum absolute atomic E-state index is 3.56. The van der Waals surface area contributed by atoms with Crippen molar-refractivity contribution >= 4 is 5.69 Å². The van der Waals surface area contributed by atoms with Gasteiger partial charge in [-0.2, -0.15) is 0 Å². The van der Waals surface area contributed by atoms with Gasteiger partial charge in [-0.05, 0) is 25.1 Å². The number of anilines is 1. The molecule has 66 valence electrons. The zero-order chi connectivity index (χ0) is 9.52. The molecule has 0 amide bonds. The summed E-state index contributed by atoms with van der Waals surface area (Å²) in [6, 6.07) is 13.1. The molecule has 0 atom stereocenters. The first-order valence-electron chi connectivity index (χ1n) is 4.33. The highest BCUT2D eigenvalue weighted by molar-refractivity contribution is 5.51. The summed E-state index contributed by atoms with van der Waals surface area (Å²) in [5.74, 6) is 2.84. The van der Waals surface area contributed by atoms with Crippen molar-refractivity contribution < 1.29 is 0 Å². The molecule has 0 spiro atoms. The Balaban J connectivity index is 2.84. The van der Waals surface area contributed by atoms with Crippen molar-refractivity contribution in [2.45, 2.75) is 6.92 Å². The Hall–Kier alpha value is -1.68. The molecule has 1 aromatic rings. The van der Waals surface area contributed by atoms with Crippen LogP contribution in [0.5, 0.6) is 0 Å². The fraction of sp³-hybridized carbons (Fsp3) is 0.167. The van der Waals surface area contributed by atoms with Crippen LogP contribution in [0.25, 0.3) is 0 Å². The van der Waals surface area contributed by atoms with Gasteiger partial charge in [-0.25, -0.2) is 0 Å². The van der Waals surface area contributed by atoms with E-state index in [1.54, 1.807) is 6.08 Å². The Kier molecular flexibility index (Phi) is 3.66. The molecule has 0 heterocycles. The predicted octanol–water partition coefficient (Wildman–Crippen LogP) is 2.66. The van der Waals surface area contributed by atoms with E-state index in [1.807, 2.05) is 35.2 Å². The van der Waals surface area contributed by atoms with Crippen molar-refractivity contribution in [2.75, 3.05) is 11.4 Å². The minimum absolute atomic E-state index is 0.880. The van der Waals surface area contributed by atoms with Crippen LogP contribution in [0.3, 0.4) is 0 Å². The van der Waals surface area contributed by atoms with E-state index in [1.165, 1.54) is 0 Å². The van der Waals surface area contributed by atoms with Gasteiger partial charge in [-0.3, -0.25) is 0 Å². The quantitative estimate of drug-likeness (QED) is 0.488. The molecule has 0 fully saturated rings. The molecule has 1 nitrogen and oxygen atoms in total. The van der Waals surface area contributed by atoms with Crippen molar-refractivity contribution in [3.8, 4) is 12.0 Å². The van der Waals surface area contributed by atoms with Crippen molar-refractivity contribution in [3.63, 3.8) is 0 Å². The molecule has 1 rings (SSSR count). The molecule has 13 heavy (non-hydrogen) atoms. The lowest BCUT2D eigenvalue weighted by Crippen LogP contribution is -2.14. The summed E-state index contributed by atoms with van der Waals surface area (Å²) < 4.78 is 0. The lowest BCUT2D eigenvalue weighted by Gasteiger charge is -2.14. The van der Waals surface area contributed by atoms with Crippen LogP contribution in [0.15, 0.2) is 43.0 Å². The Morgan fingerprint density at radius 2 is 2.08 bits per heavy atom. The van der Waals surface area contributed by atoms with Crippen LogP contribution in [0, 0.1) is 12.0 Å². The zero-order valence-electron chi connectivity index (χ0n) is 7.83. The molecule has 0 aliphatic heterocycles. The Morgan fingerprint density at radius 1 is 1.38 bits per heavy atom. The van der Waals surface area contributed by atoms with Crippen molar-refractivity contribution in [1.29, 1.82) is 0 Å². The van der Waals surface area contributed by atoms with Gasteiger partial charge in [0.25, 0.3) is 0 Å². The number of allylic oxidation sites excluding steroid dienone is 1. The molecule has 1 heteroatoms. The van der Waals surface area contributed by atoms with E-state index < -0.39 is 0 Å². The fourth-order valence-corrected chi connectivity index (χ4v) is 1.06. The molecule has 0 aromatic heterocycles. The summed E-state index contributed by atoms with van der Waals surface area (Å²) in [7, 11) is 0. The molecule has 0 unspecified atom stereocenters. The van der Waals surface area contributed by atoms with Crippen LogP contribution in [0.2, 0.25) is 0 Å². The first-order valence-corrected chi connectivity index (χ1v) is 4.33. The largest absolute Gasteiger partial charge is 0.302 e. The summed E-state index contributed by atoms with van der Waals surface area (Å²) in [4.78, 5) is 1.99. The highest BCUT2D eigenvalue weighted by atomic mass is 15.1. The summed E-state index contributed by atoms with van der Waals surface area (Å²) in [6.45, 7) is 6.51. The number of nitrogens with zero attached hydrogens (tertiary/aromatic N) is 1. The second-order valence-corrected chi connectivity index (χ2v) is 2.54. The average Bonchev–Trinajstić information content (AvgIpc) is 2.21. The summed E-state index contributed by atoms with van der Waals surface area (Å²) in [5.41, 5.74) is 1.12. The second-order valence-electron chi connectivity index (χ2n) is 2.54. The van der Waals surface area contributed by atoms with Crippen LogP contribution in [-0.2, 0) is 0 Å². The van der Waals surface area contributed by atoms with Crippen LogP contribution < -0.4 is 4.90 Å². The van der Waals surface area contributed by atoms with Crippen LogP contribution >= 0.6 is 0 Å². The maximum atomic E-state index is 3.56. The van der Waals surface area contributed by atoms with Gasteiger partial charge in [-0.1, -0.05) is 30.7 Å². The monoisotopic (exact) mass is 171 g/mol. The van der Waals surface area contributed by atoms with Crippen molar-refractivity contribution in [1.82, 2.24) is 0 Å². The summed E-state index contributed by atoms with van der Waals surface area (Å²) >= 11 is 0. The summed E-state index contributed by atoms with van der Waals surface area (Å²) in [6.07, 6.45) is 1.60. The second kappa shape index (κ2) is 5.05. The van der Waals surface area contributed by atoms with E-state index in [4.69, 9.17) is 0 Å². The topological polar surface area (TPSA) is 3.24 Å². The van der Waals surface area contributed by atoms with E-state index in [0.717, 1.165) is 12.2 Å². The molecule has 0 saturated heterocycles. The highest BCUT2D eigenvalue weighted by Gasteiger charge is 1.96. The average molecular weight is 171 g/mol. The van der Waals surface area contributed by atoms with Gasteiger partial charge in [0.2, 0.25) is 0 Å². The number of hydrogen-bond acceptors (Lipinski definition) is 1. The molecule has 0 bridgehead atoms. The first kappa shape index (κ1) is 9.41. The van der Waals surface area contributed by atoms with Gasteiger partial charge in [0.1, 0.15) is 0 Å². The smallest absolute Gasteiger partial charge is 0.0489 e. The zero-order valence-corrected chi connectivity index (χ0v) is 7.83. The van der Waals surface area contributed by atoms with Gasteiger partial charge in [0.15, 0.2) is 0 Å². The number of para-hydroxylation sites is 1. The SMILES string of the molecule is C=CC#CN(CC)c1ccccc1. The van der Waals surface area contributed by atoms with E-state index in [-0.39, 0.29) is 0 Å². The summed E-state index contributed by atoms with van der Waals surface area (Å²) in [5, 5.41) is 0. The minimum Gasteiger partial charge on any atom is -0.302 e. The third-order valence-electron chi connectivity index (χ3n) is 1.69. The Morgan fingerprint density at radius 3 is 2.62 bits per heavy atom. The van der Waals surface area contributed by atoms with E-state index in [9.17, 15) is 0 Å². The van der Waals surface area contributed by atoms with Crippen LogP contribution in [0.1, 0.15) is 6.92 Å². The van der Waals surface area contributed by atoms with E-state index >= 15 is 0 Å². The molecule has 1 aromatic carbocycles. The number of benzene rings is 1. The Bertz CT molecular complexity index is 316. The molecule has 0 aliphatic carbocycles. The lowest BCUT2D eigenvalue weighted by atomic mass is 10.3.